The van der Waals surface area contributed by atoms with E-state index in [1.807, 2.05) is 30.3 Å². The summed E-state index contributed by atoms with van der Waals surface area (Å²) in [6, 6.07) is 9.42. The fraction of sp³-hybridized carbons (Fsp3) is 0.533. The fourth-order valence-electron chi connectivity index (χ4n) is 2.88. The lowest BCUT2D eigenvalue weighted by Gasteiger charge is -2.43. The summed E-state index contributed by atoms with van der Waals surface area (Å²) in [5, 5.41) is 12.4. The number of piperidine rings is 1. The molecule has 2 rings (SSSR count). The van der Waals surface area contributed by atoms with E-state index in [1.165, 1.54) is 13.3 Å². The normalized spacial score (nSPS) is 19.7. The average Bonchev–Trinajstić information content (AvgIpc) is 2.39. The van der Waals surface area contributed by atoms with Gasteiger partial charge in [0.05, 0.1) is 6.54 Å². The van der Waals surface area contributed by atoms with Crippen LogP contribution in [0, 0.1) is 0 Å². The highest BCUT2D eigenvalue weighted by Crippen LogP contribution is 2.21. The minimum absolute atomic E-state index is 0.0536. The molecule has 1 aromatic carbocycles. The zero-order valence-corrected chi connectivity index (χ0v) is 11.5. The zero-order valence-electron chi connectivity index (χ0n) is 11.5. The smallest absolute Gasteiger partial charge is 0.261 e. The van der Waals surface area contributed by atoms with Crippen LogP contribution in [0.25, 0.3) is 0 Å². The third-order valence-corrected chi connectivity index (χ3v) is 3.75. The second kappa shape index (κ2) is 6.17. The van der Waals surface area contributed by atoms with Gasteiger partial charge in [-0.15, -0.1) is 0 Å². The third-order valence-electron chi connectivity index (χ3n) is 3.75. The molecule has 0 aromatic heterocycles. The summed E-state index contributed by atoms with van der Waals surface area (Å²) in [4.78, 5) is 11.4. The Hall–Kier alpha value is -1.39. The summed E-state index contributed by atoms with van der Waals surface area (Å²) in [6.45, 7) is 3.69. The molecule has 1 heterocycles. The number of hydrogen-bond donors (Lipinski definition) is 1. The molecule has 4 heteroatoms. The van der Waals surface area contributed by atoms with Gasteiger partial charge in [-0.05, 0) is 25.4 Å². The number of carbonyl (C=O) groups excluding carboxylic acids is 1. The Morgan fingerprint density at radius 2 is 1.89 bits per heavy atom. The van der Waals surface area contributed by atoms with Crippen molar-refractivity contribution < 1.29 is 14.5 Å². The van der Waals surface area contributed by atoms with Crippen molar-refractivity contribution >= 4 is 5.91 Å². The lowest BCUT2D eigenvalue weighted by atomic mass is 10.1. The van der Waals surface area contributed by atoms with Crippen LogP contribution in [-0.4, -0.2) is 30.1 Å². The van der Waals surface area contributed by atoms with Gasteiger partial charge in [0.1, 0.15) is 13.1 Å². The van der Waals surface area contributed by atoms with Crippen LogP contribution in [-0.2, 0) is 4.79 Å². The maximum Gasteiger partial charge on any atom is 0.261 e. The first kappa shape index (κ1) is 14.0. The van der Waals surface area contributed by atoms with Crippen molar-refractivity contribution in [2.24, 2.45) is 0 Å². The SMILES string of the molecule is CC(=O)N[N+]1(CC([O-])c2ccccc2)CCCCC1. The van der Waals surface area contributed by atoms with E-state index in [0.29, 0.717) is 11.1 Å². The number of likely N-dealkylation sites (tertiary alicyclic amines) is 1. The topological polar surface area (TPSA) is 52.2 Å². The van der Waals surface area contributed by atoms with Crippen molar-refractivity contribution in [1.82, 2.24) is 5.43 Å². The highest BCUT2D eigenvalue weighted by atomic mass is 16.3. The lowest BCUT2D eigenvalue weighted by Crippen LogP contribution is -2.64. The van der Waals surface area contributed by atoms with Gasteiger partial charge in [-0.2, -0.15) is 0 Å². The van der Waals surface area contributed by atoms with Crippen LogP contribution in [0.4, 0.5) is 0 Å². The van der Waals surface area contributed by atoms with Gasteiger partial charge in [-0.1, -0.05) is 35.9 Å². The van der Waals surface area contributed by atoms with E-state index in [1.54, 1.807) is 0 Å². The zero-order chi connectivity index (χ0) is 13.7. The van der Waals surface area contributed by atoms with Crippen LogP contribution < -0.4 is 10.5 Å². The average molecular weight is 262 g/mol. The Labute approximate surface area is 114 Å². The second-order valence-corrected chi connectivity index (χ2v) is 5.40. The Bertz CT molecular complexity index is 413. The number of quaternary nitrogens is 1. The van der Waals surface area contributed by atoms with Gasteiger partial charge in [-0.25, -0.2) is 10.0 Å². The first-order chi connectivity index (χ1) is 9.11. The number of benzene rings is 1. The minimum atomic E-state index is -0.786. The summed E-state index contributed by atoms with van der Waals surface area (Å²) in [7, 11) is 0. The van der Waals surface area contributed by atoms with Crippen LogP contribution >= 0.6 is 0 Å². The summed E-state index contributed by atoms with van der Waals surface area (Å²) in [5.74, 6) is -0.0536. The van der Waals surface area contributed by atoms with Crippen molar-refractivity contribution in [1.29, 1.82) is 0 Å². The first-order valence-corrected chi connectivity index (χ1v) is 6.97. The number of carbonyl (C=O) groups is 1. The summed E-state index contributed by atoms with van der Waals surface area (Å²) in [6.07, 6.45) is 2.55. The Kier molecular flexibility index (Phi) is 4.56. The Balaban J connectivity index is 2.09. The molecular formula is C15H22N2O2. The standard InChI is InChI=1S/C15H22N2O2/c1-13(18)16-17(10-6-3-7-11-17)12-15(19)14-8-4-2-5-9-14/h2,4-5,8-9,15H,3,6-7,10-12H2,1H3,(H,16,18). The van der Waals surface area contributed by atoms with E-state index >= 15 is 0 Å². The third kappa shape index (κ3) is 3.78. The molecule has 1 N–H and O–H groups in total. The number of hydrogen-bond acceptors (Lipinski definition) is 2. The number of nitrogens with zero attached hydrogens (tertiary/aromatic N) is 1. The van der Waals surface area contributed by atoms with E-state index < -0.39 is 6.10 Å². The summed E-state index contributed by atoms with van der Waals surface area (Å²) >= 11 is 0. The van der Waals surface area contributed by atoms with Gasteiger partial charge in [0, 0.05) is 6.92 Å². The minimum Gasteiger partial charge on any atom is -0.844 e. The molecule has 1 aliphatic heterocycles. The number of amides is 1. The van der Waals surface area contributed by atoms with Crippen molar-refractivity contribution in [3.8, 4) is 0 Å². The van der Waals surface area contributed by atoms with Crippen LogP contribution in [0.3, 0.4) is 0 Å². The molecule has 1 fully saturated rings. The number of nitrogens with one attached hydrogen (secondary N) is 1. The lowest BCUT2D eigenvalue weighted by molar-refractivity contribution is -0.973. The van der Waals surface area contributed by atoms with Crippen LogP contribution in [0.2, 0.25) is 0 Å². The molecule has 1 aliphatic rings. The van der Waals surface area contributed by atoms with Gasteiger partial charge >= 0.3 is 0 Å². The molecule has 104 valence electrons. The Morgan fingerprint density at radius 3 is 2.47 bits per heavy atom. The number of rotatable bonds is 4. The van der Waals surface area contributed by atoms with Gasteiger partial charge in [0.2, 0.25) is 0 Å². The van der Waals surface area contributed by atoms with Crippen molar-refractivity contribution in [3.05, 3.63) is 35.9 Å². The molecule has 1 aromatic rings. The highest BCUT2D eigenvalue weighted by Gasteiger charge is 2.32. The maximum absolute atomic E-state index is 12.4. The van der Waals surface area contributed by atoms with Crippen LogP contribution in [0.5, 0.6) is 0 Å². The van der Waals surface area contributed by atoms with Crippen LogP contribution in [0.15, 0.2) is 30.3 Å². The van der Waals surface area contributed by atoms with E-state index in [-0.39, 0.29) is 5.91 Å². The molecule has 19 heavy (non-hydrogen) atoms. The molecule has 0 radical (unpaired) electrons. The van der Waals surface area contributed by atoms with E-state index in [4.69, 9.17) is 0 Å². The predicted octanol–water partition coefficient (Wildman–Crippen LogP) is 1.14. The molecule has 0 aliphatic carbocycles. The second-order valence-electron chi connectivity index (χ2n) is 5.40. The molecule has 1 saturated heterocycles. The molecule has 4 nitrogen and oxygen atoms in total. The fourth-order valence-corrected chi connectivity index (χ4v) is 2.88. The van der Waals surface area contributed by atoms with E-state index in [9.17, 15) is 9.90 Å². The van der Waals surface area contributed by atoms with E-state index in [2.05, 4.69) is 5.43 Å². The predicted molar refractivity (Wildman–Crippen MR) is 71.7 cm³/mol. The van der Waals surface area contributed by atoms with Gasteiger partial charge in [0.25, 0.3) is 5.91 Å². The van der Waals surface area contributed by atoms with Gasteiger partial charge < -0.3 is 5.11 Å². The maximum atomic E-state index is 12.4. The molecule has 0 bridgehead atoms. The largest absolute Gasteiger partial charge is 0.844 e. The monoisotopic (exact) mass is 262 g/mol. The molecule has 0 saturated carbocycles. The molecule has 1 unspecified atom stereocenters. The molecular weight excluding hydrogens is 240 g/mol. The van der Waals surface area contributed by atoms with Crippen molar-refractivity contribution in [2.75, 3.05) is 19.6 Å². The van der Waals surface area contributed by atoms with Gasteiger partial charge in [-0.3, -0.25) is 4.79 Å². The summed E-state index contributed by atoms with van der Waals surface area (Å²) < 4.78 is 0.443. The Morgan fingerprint density at radius 1 is 1.26 bits per heavy atom. The highest BCUT2D eigenvalue weighted by molar-refractivity contribution is 5.71. The van der Waals surface area contributed by atoms with Crippen molar-refractivity contribution in [3.63, 3.8) is 0 Å². The first-order valence-electron chi connectivity index (χ1n) is 6.97. The molecule has 1 atom stereocenters. The van der Waals surface area contributed by atoms with Crippen molar-refractivity contribution in [2.45, 2.75) is 32.3 Å². The quantitative estimate of drug-likeness (QED) is 0.827. The van der Waals surface area contributed by atoms with E-state index in [0.717, 1.165) is 31.5 Å². The summed E-state index contributed by atoms with van der Waals surface area (Å²) in [5.41, 5.74) is 3.80. The molecule has 1 amide bonds. The molecule has 0 spiro atoms. The van der Waals surface area contributed by atoms with Crippen LogP contribution in [0.1, 0.15) is 37.9 Å². The van der Waals surface area contributed by atoms with Gasteiger partial charge in [0.15, 0.2) is 0 Å².